The van der Waals surface area contributed by atoms with Gasteiger partial charge in [-0.25, -0.2) is 0 Å². The minimum absolute atomic E-state index is 0.285. The van der Waals surface area contributed by atoms with Crippen molar-refractivity contribution in [1.82, 2.24) is 0 Å². The smallest absolute Gasteiger partial charge is 0.303 e. The summed E-state index contributed by atoms with van der Waals surface area (Å²) in [5.41, 5.74) is 1.34. The molecule has 1 N–H and O–H groups in total. The van der Waals surface area contributed by atoms with Crippen LogP contribution in [-0.2, 0) is 4.79 Å². The molecule has 0 spiro atoms. The Labute approximate surface area is 67.9 Å². The highest BCUT2D eigenvalue weighted by Crippen LogP contribution is 2.03. The van der Waals surface area contributed by atoms with Crippen molar-refractivity contribution >= 4 is 5.97 Å². The Morgan fingerprint density at radius 3 is 2.64 bits per heavy atom. The van der Waals surface area contributed by atoms with Crippen molar-refractivity contribution in [3.8, 4) is 0 Å². The Balaban J connectivity index is 3.33. The van der Waals surface area contributed by atoms with E-state index in [0.29, 0.717) is 0 Å². The summed E-state index contributed by atoms with van der Waals surface area (Å²) in [5, 5.41) is 8.32. The van der Waals surface area contributed by atoms with E-state index in [1.54, 1.807) is 0 Å². The number of aliphatic carboxylic acids is 1. The molecule has 0 aliphatic carbocycles. The van der Waals surface area contributed by atoms with Crippen molar-refractivity contribution in [3.63, 3.8) is 0 Å². The van der Waals surface area contributed by atoms with Crippen molar-refractivity contribution in [2.75, 3.05) is 0 Å². The van der Waals surface area contributed by atoms with Crippen LogP contribution in [0, 0.1) is 0 Å². The average Bonchev–Trinajstić information content (AvgIpc) is 1.97. The van der Waals surface area contributed by atoms with Crippen molar-refractivity contribution in [3.05, 3.63) is 11.6 Å². The van der Waals surface area contributed by atoms with Gasteiger partial charge < -0.3 is 5.11 Å². The number of unbranched alkanes of at least 4 members (excludes halogenated alkanes) is 1. The summed E-state index contributed by atoms with van der Waals surface area (Å²) in [6.07, 6.45) is 5.11. The Morgan fingerprint density at radius 1 is 1.55 bits per heavy atom. The lowest BCUT2D eigenvalue weighted by Gasteiger charge is -1.94. The Morgan fingerprint density at radius 2 is 2.18 bits per heavy atom. The molecule has 0 unspecified atom stereocenters. The number of hydrogen-bond acceptors (Lipinski definition) is 1. The van der Waals surface area contributed by atoms with Crippen molar-refractivity contribution in [2.24, 2.45) is 0 Å². The van der Waals surface area contributed by atoms with Gasteiger partial charge in [-0.15, -0.1) is 0 Å². The monoisotopic (exact) mass is 156 g/mol. The van der Waals surface area contributed by atoms with Crippen LogP contribution in [0.4, 0.5) is 0 Å². The minimum atomic E-state index is -0.701. The maximum Gasteiger partial charge on any atom is 0.303 e. The Kier molecular flexibility index (Phi) is 5.53. The van der Waals surface area contributed by atoms with E-state index in [-0.39, 0.29) is 6.42 Å². The number of carboxylic acid groups (broad SMARTS) is 1. The first-order valence-corrected chi connectivity index (χ1v) is 4.04. The topological polar surface area (TPSA) is 37.3 Å². The second-order valence-electron chi connectivity index (χ2n) is 2.69. The van der Waals surface area contributed by atoms with Crippen LogP contribution in [0.5, 0.6) is 0 Å². The fraction of sp³-hybridized carbons (Fsp3) is 0.667. The molecule has 0 aromatic rings. The minimum Gasteiger partial charge on any atom is -0.481 e. The van der Waals surface area contributed by atoms with E-state index in [2.05, 4.69) is 19.9 Å². The van der Waals surface area contributed by atoms with E-state index in [1.807, 2.05) is 0 Å². The summed E-state index contributed by atoms with van der Waals surface area (Å²) in [6, 6.07) is 0. The summed E-state index contributed by atoms with van der Waals surface area (Å²) >= 11 is 0. The van der Waals surface area contributed by atoms with Crippen LogP contribution in [0.2, 0.25) is 0 Å². The van der Waals surface area contributed by atoms with Crippen LogP contribution in [0.1, 0.15) is 39.5 Å². The number of allylic oxidation sites excluding steroid dienone is 2. The van der Waals surface area contributed by atoms with Gasteiger partial charge in [-0.2, -0.15) is 0 Å². The van der Waals surface area contributed by atoms with Gasteiger partial charge in [0.1, 0.15) is 0 Å². The highest BCUT2D eigenvalue weighted by atomic mass is 16.4. The zero-order chi connectivity index (χ0) is 8.69. The molecule has 0 aliphatic rings. The number of carbonyl (C=O) groups is 1. The number of hydrogen-bond donors (Lipinski definition) is 1. The fourth-order valence-corrected chi connectivity index (χ4v) is 0.746. The van der Waals surface area contributed by atoms with Crippen LogP contribution in [0.3, 0.4) is 0 Å². The van der Waals surface area contributed by atoms with Crippen LogP contribution in [0.25, 0.3) is 0 Å². The predicted molar refractivity (Wildman–Crippen MR) is 45.5 cm³/mol. The van der Waals surface area contributed by atoms with Gasteiger partial charge in [0, 0.05) is 6.42 Å². The third-order valence-electron chi connectivity index (χ3n) is 1.65. The van der Waals surface area contributed by atoms with Gasteiger partial charge in [0.15, 0.2) is 0 Å². The second-order valence-corrected chi connectivity index (χ2v) is 2.69. The molecule has 0 saturated carbocycles. The zero-order valence-corrected chi connectivity index (χ0v) is 7.26. The van der Waals surface area contributed by atoms with E-state index in [4.69, 9.17) is 5.11 Å². The van der Waals surface area contributed by atoms with Crippen molar-refractivity contribution in [2.45, 2.75) is 39.5 Å². The van der Waals surface area contributed by atoms with E-state index in [0.717, 1.165) is 19.3 Å². The SMILES string of the molecule is CCC(C)=CCCCC(=O)O. The molecule has 64 valence electrons. The van der Waals surface area contributed by atoms with Gasteiger partial charge in [-0.1, -0.05) is 18.6 Å². The summed E-state index contributed by atoms with van der Waals surface area (Å²) in [6.45, 7) is 4.17. The number of rotatable bonds is 5. The zero-order valence-electron chi connectivity index (χ0n) is 7.26. The van der Waals surface area contributed by atoms with Gasteiger partial charge in [-0.3, -0.25) is 4.79 Å². The first-order valence-electron chi connectivity index (χ1n) is 4.04. The second kappa shape index (κ2) is 5.96. The molecule has 11 heavy (non-hydrogen) atoms. The van der Waals surface area contributed by atoms with E-state index in [9.17, 15) is 4.79 Å². The molecular weight excluding hydrogens is 140 g/mol. The molecule has 0 aromatic carbocycles. The molecule has 0 amide bonds. The molecular formula is C9H16O2. The van der Waals surface area contributed by atoms with Gasteiger partial charge in [0.25, 0.3) is 0 Å². The van der Waals surface area contributed by atoms with E-state index in [1.165, 1.54) is 5.57 Å². The first-order chi connectivity index (χ1) is 5.16. The molecule has 0 aromatic heterocycles. The standard InChI is InChI=1S/C9H16O2/c1-3-8(2)6-4-5-7-9(10)11/h6H,3-5,7H2,1-2H3,(H,10,11). The summed E-state index contributed by atoms with van der Waals surface area (Å²) < 4.78 is 0. The molecule has 0 aliphatic heterocycles. The lowest BCUT2D eigenvalue weighted by molar-refractivity contribution is -0.137. The first kappa shape index (κ1) is 10.2. The lowest BCUT2D eigenvalue weighted by atomic mass is 10.1. The molecule has 0 heterocycles. The maximum absolute atomic E-state index is 10.1. The fourth-order valence-electron chi connectivity index (χ4n) is 0.746. The average molecular weight is 156 g/mol. The summed E-state index contributed by atoms with van der Waals surface area (Å²) in [5.74, 6) is -0.701. The van der Waals surface area contributed by atoms with Crippen LogP contribution in [0.15, 0.2) is 11.6 Å². The summed E-state index contributed by atoms with van der Waals surface area (Å²) in [4.78, 5) is 10.1. The van der Waals surface area contributed by atoms with Crippen LogP contribution in [-0.4, -0.2) is 11.1 Å². The van der Waals surface area contributed by atoms with Crippen LogP contribution < -0.4 is 0 Å². The van der Waals surface area contributed by atoms with E-state index < -0.39 is 5.97 Å². The van der Waals surface area contributed by atoms with Gasteiger partial charge in [0.05, 0.1) is 0 Å². The number of carboxylic acids is 1. The molecule has 0 atom stereocenters. The maximum atomic E-state index is 10.1. The molecule has 2 nitrogen and oxygen atoms in total. The molecule has 0 fully saturated rings. The Bertz CT molecular complexity index is 148. The predicted octanol–water partition coefficient (Wildman–Crippen LogP) is 2.60. The van der Waals surface area contributed by atoms with Gasteiger partial charge in [0.2, 0.25) is 0 Å². The highest BCUT2D eigenvalue weighted by Gasteiger charge is 1.93. The molecule has 0 bridgehead atoms. The molecule has 0 radical (unpaired) electrons. The summed E-state index contributed by atoms with van der Waals surface area (Å²) in [7, 11) is 0. The van der Waals surface area contributed by atoms with Crippen LogP contribution >= 0.6 is 0 Å². The lowest BCUT2D eigenvalue weighted by Crippen LogP contribution is -1.92. The van der Waals surface area contributed by atoms with Gasteiger partial charge >= 0.3 is 5.97 Å². The Hall–Kier alpha value is -0.790. The molecule has 0 rings (SSSR count). The normalized spacial score (nSPS) is 11.6. The molecule has 0 saturated heterocycles. The third kappa shape index (κ3) is 7.10. The van der Waals surface area contributed by atoms with Crippen molar-refractivity contribution < 1.29 is 9.90 Å². The van der Waals surface area contributed by atoms with E-state index >= 15 is 0 Å². The largest absolute Gasteiger partial charge is 0.481 e. The molecule has 2 heteroatoms. The van der Waals surface area contributed by atoms with Gasteiger partial charge in [-0.05, 0) is 26.2 Å². The highest BCUT2D eigenvalue weighted by molar-refractivity contribution is 5.66. The third-order valence-corrected chi connectivity index (χ3v) is 1.65. The quantitative estimate of drug-likeness (QED) is 0.490. The van der Waals surface area contributed by atoms with Crippen molar-refractivity contribution in [1.29, 1.82) is 0 Å².